The molecule has 116 valence electrons. The van der Waals surface area contributed by atoms with E-state index in [1.165, 1.54) is 18.2 Å². The molecule has 0 aliphatic carbocycles. The highest BCUT2D eigenvalue weighted by molar-refractivity contribution is 7.97. The van der Waals surface area contributed by atoms with Crippen LogP contribution < -0.4 is 4.72 Å². The molecule has 0 saturated carbocycles. The number of nitrogens with one attached hydrogen (secondary N) is 1. The van der Waals surface area contributed by atoms with Crippen molar-refractivity contribution in [3.8, 4) is 0 Å². The van der Waals surface area contributed by atoms with Crippen LogP contribution in [0.1, 0.15) is 22.3 Å². The minimum atomic E-state index is -3.81. The van der Waals surface area contributed by atoms with Gasteiger partial charge in [-0.05, 0) is 37.1 Å². The summed E-state index contributed by atoms with van der Waals surface area (Å²) in [5.41, 5.74) is 0.727. The molecule has 0 radical (unpaired) electrons. The smallest absolute Gasteiger partial charge is 0.335 e. The van der Waals surface area contributed by atoms with Crippen LogP contribution in [0.5, 0.6) is 0 Å². The molecule has 0 bridgehead atoms. The van der Waals surface area contributed by atoms with Gasteiger partial charge >= 0.3 is 5.97 Å². The molecule has 1 aliphatic rings. The van der Waals surface area contributed by atoms with Crippen LogP contribution in [-0.4, -0.2) is 44.7 Å². The molecule has 1 unspecified atom stereocenters. The Morgan fingerprint density at radius 2 is 2.05 bits per heavy atom. The van der Waals surface area contributed by atoms with Crippen molar-refractivity contribution in [2.75, 3.05) is 16.2 Å². The number of rotatable bonds is 4. The van der Waals surface area contributed by atoms with E-state index < -0.39 is 31.1 Å². The van der Waals surface area contributed by atoms with Crippen molar-refractivity contribution in [3.05, 3.63) is 29.3 Å². The van der Waals surface area contributed by atoms with E-state index in [2.05, 4.69) is 4.72 Å². The van der Waals surface area contributed by atoms with Gasteiger partial charge in [0.25, 0.3) is 0 Å². The van der Waals surface area contributed by atoms with Crippen molar-refractivity contribution in [2.24, 2.45) is 0 Å². The van der Waals surface area contributed by atoms with Crippen LogP contribution in [0.3, 0.4) is 0 Å². The molecule has 1 fully saturated rings. The van der Waals surface area contributed by atoms with Gasteiger partial charge in [0.05, 0.1) is 22.3 Å². The molecular formula is C12H15NO6S2. The number of hydrogen-bond donors (Lipinski definition) is 2. The molecule has 1 aromatic carbocycles. The van der Waals surface area contributed by atoms with E-state index in [9.17, 15) is 21.6 Å². The monoisotopic (exact) mass is 333 g/mol. The Bertz CT molecular complexity index is 782. The molecule has 0 aromatic heterocycles. The van der Waals surface area contributed by atoms with Crippen molar-refractivity contribution in [3.63, 3.8) is 0 Å². The number of anilines is 1. The summed E-state index contributed by atoms with van der Waals surface area (Å²) in [6.45, 7) is 1.56. The maximum Gasteiger partial charge on any atom is 0.335 e. The Labute approximate surface area is 123 Å². The second-order valence-electron chi connectivity index (χ2n) is 5.01. The number of carboxylic acid groups (broad SMARTS) is 1. The van der Waals surface area contributed by atoms with Gasteiger partial charge in [0.2, 0.25) is 10.0 Å². The van der Waals surface area contributed by atoms with Gasteiger partial charge < -0.3 is 5.11 Å². The first-order chi connectivity index (χ1) is 9.61. The lowest BCUT2D eigenvalue weighted by Gasteiger charge is -2.13. The van der Waals surface area contributed by atoms with E-state index >= 15 is 0 Å². The quantitative estimate of drug-likeness (QED) is 0.834. The van der Waals surface area contributed by atoms with Crippen LogP contribution in [-0.2, 0) is 19.9 Å². The van der Waals surface area contributed by atoms with E-state index in [4.69, 9.17) is 5.11 Å². The Morgan fingerprint density at radius 3 is 2.52 bits per heavy atom. The van der Waals surface area contributed by atoms with Crippen LogP contribution in [0.25, 0.3) is 0 Å². The molecule has 21 heavy (non-hydrogen) atoms. The van der Waals surface area contributed by atoms with Crippen molar-refractivity contribution in [1.29, 1.82) is 0 Å². The third-order valence-electron chi connectivity index (χ3n) is 3.35. The number of carbonyl (C=O) groups is 1. The Kier molecular flexibility index (Phi) is 3.98. The summed E-state index contributed by atoms with van der Waals surface area (Å²) in [5, 5.41) is 7.94. The average molecular weight is 333 g/mol. The lowest BCUT2D eigenvalue weighted by molar-refractivity contribution is 0.0696. The molecule has 1 aliphatic heterocycles. The number of hydrogen-bond acceptors (Lipinski definition) is 5. The fourth-order valence-electron chi connectivity index (χ4n) is 2.22. The van der Waals surface area contributed by atoms with Crippen LogP contribution in [0.4, 0.5) is 5.69 Å². The number of carboxylic acids is 1. The summed E-state index contributed by atoms with van der Waals surface area (Å²) in [4.78, 5) is 10.9. The highest BCUT2D eigenvalue weighted by Crippen LogP contribution is 2.22. The zero-order valence-corrected chi connectivity index (χ0v) is 12.9. The maximum absolute atomic E-state index is 12.1. The van der Waals surface area contributed by atoms with Gasteiger partial charge in [-0.25, -0.2) is 21.6 Å². The number of sulfonamides is 1. The van der Waals surface area contributed by atoms with Crippen LogP contribution in [0.15, 0.2) is 18.2 Å². The van der Waals surface area contributed by atoms with E-state index in [1.54, 1.807) is 6.92 Å². The van der Waals surface area contributed by atoms with Gasteiger partial charge in [0.1, 0.15) is 0 Å². The summed E-state index contributed by atoms with van der Waals surface area (Å²) in [6, 6.07) is 4.06. The number of aromatic carboxylic acids is 1. The van der Waals surface area contributed by atoms with Crippen molar-refractivity contribution in [1.82, 2.24) is 0 Å². The molecule has 1 atom stereocenters. The summed E-state index contributed by atoms with van der Waals surface area (Å²) in [5.74, 6) is -1.60. The van der Waals surface area contributed by atoms with Crippen molar-refractivity contribution in [2.45, 2.75) is 18.6 Å². The molecule has 2 N–H and O–H groups in total. The molecule has 1 saturated heterocycles. The first-order valence-corrected chi connectivity index (χ1v) is 9.53. The zero-order valence-electron chi connectivity index (χ0n) is 11.2. The number of sulfone groups is 1. The summed E-state index contributed by atoms with van der Waals surface area (Å²) >= 11 is 0. The van der Waals surface area contributed by atoms with E-state index in [0.29, 0.717) is 5.56 Å². The molecule has 0 amide bonds. The summed E-state index contributed by atoms with van der Waals surface area (Å²) < 4.78 is 49.3. The van der Waals surface area contributed by atoms with E-state index in [0.717, 1.165) is 0 Å². The maximum atomic E-state index is 12.1. The molecule has 7 nitrogen and oxygen atoms in total. The SMILES string of the molecule is Cc1cc(NS(=O)(=O)C2CCS(=O)(=O)C2)ccc1C(=O)O. The van der Waals surface area contributed by atoms with Crippen molar-refractivity contribution >= 4 is 31.5 Å². The average Bonchev–Trinajstić information content (AvgIpc) is 2.69. The third-order valence-corrected chi connectivity index (χ3v) is 7.13. The summed E-state index contributed by atoms with van der Waals surface area (Å²) in [6.07, 6.45) is 0.0733. The minimum absolute atomic E-state index is 0.0733. The zero-order chi connectivity index (χ0) is 15.8. The predicted octanol–water partition coefficient (Wildman–Crippen LogP) is 0.622. The van der Waals surface area contributed by atoms with Crippen molar-refractivity contribution < 1.29 is 26.7 Å². The minimum Gasteiger partial charge on any atom is -0.478 e. The van der Waals surface area contributed by atoms with Gasteiger partial charge in [-0.1, -0.05) is 0 Å². The first-order valence-electron chi connectivity index (χ1n) is 6.17. The largest absolute Gasteiger partial charge is 0.478 e. The fraction of sp³-hybridized carbons (Fsp3) is 0.417. The molecule has 2 rings (SSSR count). The highest BCUT2D eigenvalue weighted by atomic mass is 32.2. The number of benzene rings is 1. The Hall–Kier alpha value is -1.61. The highest BCUT2D eigenvalue weighted by Gasteiger charge is 2.37. The lowest BCUT2D eigenvalue weighted by atomic mass is 10.1. The summed E-state index contributed by atoms with van der Waals surface area (Å²) in [7, 11) is -7.10. The Balaban J connectivity index is 2.22. The van der Waals surface area contributed by atoms with Gasteiger partial charge in [0, 0.05) is 5.69 Å². The van der Waals surface area contributed by atoms with Crippen LogP contribution in [0.2, 0.25) is 0 Å². The molecule has 1 aromatic rings. The molecule has 0 spiro atoms. The first kappa shape index (κ1) is 15.8. The van der Waals surface area contributed by atoms with Gasteiger partial charge in [-0.2, -0.15) is 0 Å². The molecule has 9 heteroatoms. The normalized spacial score (nSPS) is 21.1. The topological polar surface area (TPSA) is 118 Å². The van der Waals surface area contributed by atoms with E-state index in [-0.39, 0.29) is 29.2 Å². The van der Waals surface area contributed by atoms with Crippen LogP contribution >= 0.6 is 0 Å². The van der Waals surface area contributed by atoms with Gasteiger partial charge in [-0.15, -0.1) is 0 Å². The van der Waals surface area contributed by atoms with E-state index in [1.807, 2.05) is 0 Å². The lowest BCUT2D eigenvalue weighted by Crippen LogP contribution is -2.28. The number of aryl methyl sites for hydroxylation is 1. The molecule has 1 heterocycles. The predicted molar refractivity (Wildman–Crippen MR) is 77.7 cm³/mol. The second kappa shape index (κ2) is 5.30. The van der Waals surface area contributed by atoms with Crippen LogP contribution in [0, 0.1) is 6.92 Å². The standard InChI is InChI=1S/C12H15NO6S2/c1-8-6-9(2-3-11(8)12(14)15)13-21(18,19)10-4-5-20(16,17)7-10/h2-3,6,10,13H,4-5,7H2,1H3,(H,14,15). The van der Waals surface area contributed by atoms with Gasteiger partial charge in [-0.3, -0.25) is 4.72 Å². The third kappa shape index (κ3) is 3.53. The second-order valence-corrected chi connectivity index (χ2v) is 9.20. The molecular weight excluding hydrogens is 318 g/mol. The Morgan fingerprint density at radius 1 is 1.38 bits per heavy atom. The fourth-order valence-corrected chi connectivity index (χ4v) is 6.30. The van der Waals surface area contributed by atoms with Gasteiger partial charge in [0.15, 0.2) is 9.84 Å².